The number of benzene rings is 1. The standard InChI is InChI=1S/C25H36N6O7/c1-14(2)21(30-20(33)13-26)23(35)28-16(12-19(27)32)22(34)29-17(11-15-7-4-3-5-8-15)24(36)31-10-6-9-18(31)25(37)38/h3-5,7-8,14,16-18,21H,6,9-13,26H2,1-2H3,(H2,27,32)(H,28,35)(H,29,34)(H,30,33)(H,37,38)/t16-,17-,18-,21-/m0/s1. The molecule has 1 aromatic carbocycles. The Morgan fingerprint density at radius 3 is 2.18 bits per heavy atom. The summed E-state index contributed by atoms with van der Waals surface area (Å²) in [6, 6.07) is 4.12. The van der Waals surface area contributed by atoms with E-state index >= 15 is 0 Å². The molecule has 1 saturated heterocycles. The van der Waals surface area contributed by atoms with E-state index < -0.39 is 66.1 Å². The molecule has 0 saturated carbocycles. The summed E-state index contributed by atoms with van der Waals surface area (Å²) in [5, 5.41) is 17.0. The Hall–Kier alpha value is -4.00. The van der Waals surface area contributed by atoms with Crippen LogP contribution in [0.1, 0.15) is 38.7 Å². The van der Waals surface area contributed by atoms with Gasteiger partial charge in [-0.15, -0.1) is 0 Å². The number of rotatable bonds is 13. The van der Waals surface area contributed by atoms with Crippen LogP contribution >= 0.6 is 0 Å². The number of carboxylic acids is 1. The summed E-state index contributed by atoms with van der Waals surface area (Å²) in [6.07, 6.45) is 0.270. The predicted octanol–water partition coefficient (Wildman–Crippen LogP) is -1.75. The summed E-state index contributed by atoms with van der Waals surface area (Å²) in [7, 11) is 0. The Labute approximate surface area is 220 Å². The number of carbonyl (C=O) groups excluding carboxylic acids is 5. The fraction of sp³-hybridized carbons (Fsp3) is 0.520. The molecule has 38 heavy (non-hydrogen) atoms. The lowest BCUT2D eigenvalue weighted by Crippen LogP contribution is -2.59. The quantitative estimate of drug-likeness (QED) is 0.171. The van der Waals surface area contributed by atoms with Gasteiger partial charge in [-0.3, -0.25) is 24.0 Å². The summed E-state index contributed by atoms with van der Waals surface area (Å²) in [5.41, 5.74) is 11.3. The van der Waals surface area contributed by atoms with Gasteiger partial charge in [0.1, 0.15) is 24.2 Å². The molecule has 13 heteroatoms. The van der Waals surface area contributed by atoms with E-state index in [1.807, 2.05) is 0 Å². The second-order valence-electron chi connectivity index (χ2n) is 9.50. The van der Waals surface area contributed by atoms with Gasteiger partial charge in [0.25, 0.3) is 0 Å². The lowest BCUT2D eigenvalue weighted by atomic mass is 10.0. The molecule has 0 unspecified atom stereocenters. The second kappa shape index (κ2) is 14.1. The van der Waals surface area contributed by atoms with Gasteiger partial charge in [-0.05, 0) is 24.3 Å². The Morgan fingerprint density at radius 1 is 1.00 bits per heavy atom. The molecule has 8 N–H and O–H groups in total. The first kappa shape index (κ1) is 30.2. The average Bonchev–Trinajstić information content (AvgIpc) is 3.36. The maximum atomic E-state index is 13.4. The fourth-order valence-corrected chi connectivity index (χ4v) is 4.25. The molecule has 5 amide bonds. The number of amides is 5. The molecule has 1 aromatic rings. The summed E-state index contributed by atoms with van der Waals surface area (Å²) in [5.74, 6) is -5.16. The Bertz CT molecular complexity index is 1030. The summed E-state index contributed by atoms with van der Waals surface area (Å²) in [4.78, 5) is 76.0. The summed E-state index contributed by atoms with van der Waals surface area (Å²) >= 11 is 0. The average molecular weight is 533 g/mol. The van der Waals surface area contributed by atoms with Crippen molar-refractivity contribution in [3.63, 3.8) is 0 Å². The van der Waals surface area contributed by atoms with E-state index in [1.54, 1.807) is 44.2 Å². The molecule has 0 spiro atoms. The van der Waals surface area contributed by atoms with E-state index in [-0.39, 0.29) is 25.4 Å². The maximum Gasteiger partial charge on any atom is 0.326 e. The Kier molecular flexibility index (Phi) is 11.2. The van der Waals surface area contributed by atoms with Crippen molar-refractivity contribution in [1.29, 1.82) is 0 Å². The van der Waals surface area contributed by atoms with Crippen LogP contribution in [0.3, 0.4) is 0 Å². The highest BCUT2D eigenvalue weighted by Crippen LogP contribution is 2.20. The number of hydrogen-bond acceptors (Lipinski definition) is 7. The van der Waals surface area contributed by atoms with Crippen molar-refractivity contribution in [1.82, 2.24) is 20.9 Å². The van der Waals surface area contributed by atoms with Gasteiger partial charge in [-0.25, -0.2) is 4.79 Å². The van der Waals surface area contributed by atoms with Gasteiger partial charge in [0, 0.05) is 13.0 Å². The number of aliphatic carboxylic acids is 1. The first-order valence-corrected chi connectivity index (χ1v) is 12.4. The Balaban J connectivity index is 2.29. The number of nitrogens with zero attached hydrogens (tertiary/aromatic N) is 1. The predicted molar refractivity (Wildman–Crippen MR) is 136 cm³/mol. The third kappa shape index (κ3) is 8.54. The second-order valence-corrected chi connectivity index (χ2v) is 9.50. The molecule has 0 aromatic heterocycles. The number of carboxylic acid groups (broad SMARTS) is 1. The van der Waals surface area contributed by atoms with E-state index in [4.69, 9.17) is 11.5 Å². The largest absolute Gasteiger partial charge is 0.480 e. The number of likely N-dealkylation sites (tertiary alicyclic amines) is 1. The van der Waals surface area contributed by atoms with Gasteiger partial charge in [-0.2, -0.15) is 0 Å². The molecule has 4 atom stereocenters. The number of nitrogens with one attached hydrogen (secondary N) is 3. The van der Waals surface area contributed by atoms with Crippen molar-refractivity contribution in [2.45, 2.75) is 63.7 Å². The van der Waals surface area contributed by atoms with E-state index in [1.165, 1.54) is 4.90 Å². The van der Waals surface area contributed by atoms with E-state index in [0.717, 1.165) is 0 Å². The van der Waals surface area contributed by atoms with Crippen molar-refractivity contribution in [3.8, 4) is 0 Å². The third-order valence-corrected chi connectivity index (χ3v) is 6.21. The first-order chi connectivity index (χ1) is 17.9. The zero-order chi connectivity index (χ0) is 28.4. The van der Waals surface area contributed by atoms with Gasteiger partial charge < -0.3 is 37.4 Å². The van der Waals surface area contributed by atoms with Crippen LogP contribution in [-0.2, 0) is 35.2 Å². The van der Waals surface area contributed by atoms with Gasteiger partial charge >= 0.3 is 5.97 Å². The minimum atomic E-state index is -1.45. The highest BCUT2D eigenvalue weighted by Gasteiger charge is 2.39. The third-order valence-electron chi connectivity index (χ3n) is 6.21. The molecular formula is C25H36N6O7. The van der Waals surface area contributed by atoms with Crippen LogP contribution < -0.4 is 27.4 Å². The molecule has 2 rings (SSSR count). The molecular weight excluding hydrogens is 496 g/mol. The molecule has 0 radical (unpaired) electrons. The smallest absolute Gasteiger partial charge is 0.326 e. The Morgan fingerprint density at radius 2 is 1.63 bits per heavy atom. The highest BCUT2D eigenvalue weighted by atomic mass is 16.4. The lowest BCUT2D eigenvalue weighted by Gasteiger charge is -2.29. The zero-order valence-electron chi connectivity index (χ0n) is 21.5. The highest BCUT2D eigenvalue weighted by molar-refractivity contribution is 5.97. The molecule has 1 aliphatic heterocycles. The van der Waals surface area contributed by atoms with Crippen molar-refractivity contribution in [2.24, 2.45) is 17.4 Å². The number of carbonyl (C=O) groups is 6. The van der Waals surface area contributed by atoms with E-state index in [9.17, 15) is 33.9 Å². The fourth-order valence-electron chi connectivity index (χ4n) is 4.25. The number of hydrogen-bond donors (Lipinski definition) is 6. The monoisotopic (exact) mass is 532 g/mol. The molecule has 0 bridgehead atoms. The van der Waals surface area contributed by atoms with Crippen LogP contribution in [0, 0.1) is 5.92 Å². The van der Waals surface area contributed by atoms with E-state index in [2.05, 4.69) is 16.0 Å². The lowest BCUT2D eigenvalue weighted by molar-refractivity contribution is -0.149. The molecule has 13 nitrogen and oxygen atoms in total. The van der Waals surface area contributed by atoms with Crippen molar-refractivity contribution < 1.29 is 33.9 Å². The van der Waals surface area contributed by atoms with Gasteiger partial charge in [-0.1, -0.05) is 44.2 Å². The number of primary amides is 1. The molecule has 1 heterocycles. The SMILES string of the molecule is CC(C)[C@H](NC(=O)CN)C(=O)N[C@@H](CC(N)=O)C(=O)N[C@@H](Cc1ccccc1)C(=O)N1CCC[C@H]1C(=O)O. The van der Waals surface area contributed by atoms with Gasteiger partial charge in [0.15, 0.2) is 0 Å². The molecule has 1 fully saturated rings. The molecule has 1 aliphatic rings. The minimum Gasteiger partial charge on any atom is -0.480 e. The summed E-state index contributed by atoms with van der Waals surface area (Å²) in [6.45, 7) is 3.22. The molecule has 208 valence electrons. The van der Waals surface area contributed by atoms with Crippen LogP contribution in [0.5, 0.6) is 0 Å². The molecule has 0 aliphatic carbocycles. The van der Waals surface area contributed by atoms with Crippen molar-refractivity contribution >= 4 is 35.5 Å². The van der Waals surface area contributed by atoms with Crippen LogP contribution in [0.25, 0.3) is 0 Å². The van der Waals surface area contributed by atoms with Crippen LogP contribution in [0.15, 0.2) is 30.3 Å². The van der Waals surface area contributed by atoms with Crippen molar-refractivity contribution in [3.05, 3.63) is 35.9 Å². The zero-order valence-corrected chi connectivity index (χ0v) is 21.5. The van der Waals surface area contributed by atoms with E-state index in [0.29, 0.717) is 18.4 Å². The maximum absolute atomic E-state index is 13.4. The normalized spacial score (nSPS) is 17.3. The van der Waals surface area contributed by atoms with Gasteiger partial charge in [0.05, 0.1) is 13.0 Å². The minimum absolute atomic E-state index is 0.0483. The van der Waals surface area contributed by atoms with Gasteiger partial charge in [0.2, 0.25) is 29.5 Å². The summed E-state index contributed by atoms with van der Waals surface area (Å²) < 4.78 is 0. The van der Waals surface area contributed by atoms with Crippen molar-refractivity contribution in [2.75, 3.05) is 13.1 Å². The number of nitrogens with two attached hydrogens (primary N) is 2. The topological polar surface area (TPSA) is 214 Å². The first-order valence-electron chi connectivity index (χ1n) is 12.4. The van der Waals surface area contributed by atoms with Crippen LogP contribution in [-0.4, -0.2) is 82.8 Å². The van der Waals surface area contributed by atoms with Crippen LogP contribution in [0.2, 0.25) is 0 Å². The van der Waals surface area contributed by atoms with Crippen LogP contribution in [0.4, 0.5) is 0 Å².